The molecule has 492 valence electrons. The van der Waals surface area contributed by atoms with E-state index in [9.17, 15) is 28.8 Å². The lowest BCUT2D eigenvalue weighted by Gasteiger charge is -2.35. The topological polar surface area (TPSA) is 256 Å². The number of benzene rings is 2. The van der Waals surface area contributed by atoms with Crippen molar-refractivity contribution in [1.29, 1.82) is 0 Å². The van der Waals surface area contributed by atoms with Crippen LogP contribution in [0.3, 0.4) is 0 Å². The number of carbonyl (C=O) groups is 8. The number of esters is 4. The van der Waals surface area contributed by atoms with Crippen molar-refractivity contribution in [1.82, 2.24) is 39.5 Å². The Kier molecular flexibility index (Phi) is 25.4. The zero-order chi connectivity index (χ0) is 67.3. The molecular weight excluding hydrogens is 1170 g/mol. The number of rotatable bonds is 18. The molecule has 1 aliphatic rings. The first-order valence-electron chi connectivity index (χ1n) is 30.3. The summed E-state index contributed by atoms with van der Waals surface area (Å²) in [6, 6.07) is 6.55. The van der Waals surface area contributed by atoms with Crippen molar-refractivity contribution in [2.24, 2.45) is 23.7 Å². The number of ether oxygens (including phenoxy) is 6. The Bertz CT molecular complexity index is 2890. The summed E-state index contributed by atoms with van der Waals surface area (Å²) < 4.78 is 67.3. The number of nitrogens with zero attached hydrogens (tertiary/aromatic N) is 8. The van der Waals surface area contributed by atoms with Crippen molar-refractivity contribution in [2.75, 3.05) is 42.4 Å². The molecule has 24 heteroatoms. The van der Waals surface area contributed by atoms with Crippen molar-refractivity contribution >= 4 is 47.5 Å². The lowest BCUT2D eigenvalue weighted by Crippen LogP contribution is -2.55. The first-order valence-corrected chi connectivity index (χ1v) is 30.3. The van der Waals surface area contributed by atoms with Crippen LogP contribution in [0.25, 0.3) is 0 Å². The molecule has 2 unspecified atom stereocenters. The molecule has 90 heavy (non-hydrogen) atoms. The highest BCUT2D eigenvalue weighted by molar-refractivity contribution is 5.94. The molecule has 4 aromatic rings. The largest absolute Gasteiger partial charge is 0.480 e. The molecule has 2 aromatic heterocycles. The van der Waals surface area contributed by atoms with Gasteiger partial charge in [-0.15, -0.1) is 0 Å². The second-order valence-electron chi connectivity index (χ2n) is 25.1. The van der Waals surface area contributed by atoms with Crippen LogP contribution in [0.5, 0.6) is 11.8 Å². The molecular formula is C66H90F2N8O14. The average molecular weight is 1260 g/mol. The predicted octanol–water partition coefficient (Wildman–Crippen LogP) is 7.73. The average Bonchev–Trinajstić information content (AvgIpc) is 1.18. The molecule has 0 aliphatic carbocycles. The normalized spacial score (nSPS) is 23.3. The van der Waals surface area contributed by atoms with Crippen molar-refractivity contribution < 1.29 is 75.6 Å². The van der Waals surface area contributed by atoms with Gasteiger partial charge in [0.15, 0.2) is 35.8 Å². The van der Waals surface area contributed by atoms with Crippen LogP contribution in [-0.4, -0.2) is 178 Å². The number of halogens is 2. The molecule has 1 fully saturated rings. The Morgan fingerprint density at radius 3 is 0.944 bits per heavy atom. The van der Waals surface area contributed by atoms with Gasteiger partial charge in [-0.05, 0) is 99.3 Å². The standard InChI is InChI=1S/C66H90F2N8O14/c1-37(2)27-47-61(81)87-41(9)57(77)73(13)50(30-40(7)8)64(84)90-52(32-44-21-25-46(26-22-44)66(12,68)54-34-72-56(86-18)36-70-54)60(80)76(16)48(28-38(3)4)62(82)88-42(10)58(78)74(14)49(29-39(5)6)63(83)89-51(59(79)75(47)15)31-43-19-23-45(24-20-43)65(11,67)53-33-71-55(85-17)35-69-53/h19-26,33-42,47-52H,27-32H2,1-18H3/t41-,42-,47+,48+,49+,50+,51-,52-,65?,66?/m1/s1. The van der Waals surface area contributed by atoms with Crippen molar-refractivity contribution in [3.63, 3.8) is 0 Å². The highest BCUT2D eigenvalue weighted by atomic mass is 19.1. The van der Waals surface area contributed by atoms with Gasteiger partial charge in [0.2, 0.25) is 11.8 Å². The number of hydrogen-bond acceptors (Lipinski definition) is 18. The lowest BCUT2D eigenvalue weighted by atomic mass is 9.93. The summed E-state index contributed by atoms with van der Waals surface area (Å²) in [4.78, 5) is 139. The van der Waals surface area contributed by atoms with Crippen LogP contribution < -0.4 is 9.47 Å². The molecule has 4 amide bonds. The Balaban J connectivity index is 1.61. The third kappa shape index (κ3) is 18.5. The van der Waals surface area contributed by atoms with Crippen LogP contribution in [0, 0.1) is 23.7 Å². The molecule has 3 heterocycles. The first-order chi connectivity index (χ1) is 42.1. The summed E-state index contributed by atoms with van der Waals surface area (Å²) in [5.74, 6) is -8.14. The molecule has 0 saturated carbocycles. The van der Waals surface area contributed by atoms with Crippen LogP contribution in [0.2, 0.25) is 0 Å². The second-order valence-corrected chi connectivity index (χ2v) is 25.1. The first kappa shape index (κ1) is 72.6. The summed E-state index contributed by atoms with van der Waals surface area (Å²) in [7, 11) is 8.10. The maximum absolute atomic E-state index is 16.5. The third-order valence-corrected chi connectivity index (χ3v) is 15.9. The lowest BCUT2D eigenvalue weighted by molar-refractivity contribution is -0.176. The number of likely N-dealkylation sites (N-methyl/N-ethyl adjacent to an activating group) is 4. The number of carbonyl (C=O) groups excluding carboxylic acids is 8. The molecule has 10 atom stereocenters. The maximum Gasteiger partial charge on any atom is 0.329 e. The Morgan fingerprint density at radius 1 is 0.433 bits per heavy atom. The van der Waals surface area contributed by atoms with Crippen molar-refractivity contribution in [3.8, 4) is 11.8 Å². The van der Waals surface area contributed by atoms with Crippen LogP contribution >= 0.6 is 0 Å². The molecule has 0 N–H and O–H groups in total. The van der Waals surface area contributed by atoms with Gasteiger partial charge in [0, 0.05) is 41.0 Å². The van der Waals surface area contributed by atoms with Gasteiger partial charge in [-0.3, -0.25) is 29.1 Å². The minimum Gasteiger partial charge on any atom is -0.480 e. The van der Waals surface area contributed by atoms with Gasteiger partial charge in [-0.25, -0.2) is 37.9 Å². The quantitative estimate of drug-likeness (QED) is 0.0682. The monoisotopic (exact) mass is 1260 g/mol. The molecule has 22 nitrogen and oxygen atoms in total. The second kappa shape index (κ2) is 31.5. The number of alkyl halides is 2. The van der Waals surface area contributed by atoms with E-state index < -0.39 is 107 Å². The molecule has 0 bridgehead atoms. The summed E-state index contributed by atoms with van der Waals surface area (Å²) in [6.45, 7) is 19.6. The molecule has 2 aromatic carbocycles. The summed E-state index contributed by atoms with van der Waals surface area (Å²) in [6.07, 6.45) is -2.09. The van der Waals surface area contributed by atoms with Crippen LogP contribution in [-0.2, 0) is 81.5 Å². The highest BCUT2D eigenvalue weighted by Crippen LogP contribution is 2.35. The molecule has 0 radical (unpaired) electrons. The van der Waals surface area contributed by atoms with Crippen LogP contribution in [0.1, 0.15) is 142 Å². The van der Waals surface area contributed by atoms with E-state index in [0.717, 1.165) is 19.6 Å². The van der Waals surface area contributed by atoms with Crippen LogP contribution in [0.15, 0.2) is 73.3 Å². The van der Waals surface area contributed by atoms with Gasteiger partial charge in [0.05, 0.1) is 39.0 Å². The Hall–Kier alpha value is -8.18. The van der Waals surface area contributed by atoms with Gasteiger partial charge in [0.1, 0.15) is 35.6 Å². The molecule has 5 rings (SSSR count). The number of amides is 4. The zero-order valence-corrected chi connectivity index (χ0v) is 55.1. The van der Waals surface area contributed by atoms with Gasteiger partial charge in [-0.2, -0.15) is 0 Å². The van der Waals surface area contributed by atoms with E-state index in [4.69, 9.17) is 28.4 Å². The van der Waals surface area contributed by atoms with Gasteiger partial charge < -0.3 is 48.0 Å². The Morgan fingerprint density at radius 2 is 0.700 bits per heavy atom. The zero-order valence-electron chi connectivity index (χ0n) is 55.1. The van der Waals surface area contributed by atoms with Crippen molar-refractivity contribution in [3.05, 3.63) is 107 Å². The van der Waals surface area contributed by atoms with E-state index in [-0.39, 0.29) is 96.5 Å². The summed E-state index contributed by atoms with van der Waals surface area (Å²) in [5.41, 5.74) is -3.14. The maximum atomic E-state index is 16.5. The number of cyclic esters (lactones) is 4. The fourth-order valence-corrected chi connectivity index (χ4v) is 10.4. The van der Waals surface area contributed by atoms with Gasteiger partial charge in [-0.1, -0.05) is 104 Å². The van der Waals surface area contributed by atoms with E-state index in [2.05, 4.69) is 19.9 Å². The predicted molar refractivity (Wildman–Crippen MR) is 328 cm³/mol. The number of methoxy groups -OCH3 is 2. The smallest absolute Gasteiger partial charge is 0.329 e. The SMILES string of the molecule is COc1cnc(C(C)(F)c2ccc(C[C@H]3OC(=O)[C@H](CC(C)C)N(C)C(=O)[C@@H](C)OC(=O)[C@H](CC(C)C)N(C)C(=O)[C@@H](Cc4ccc(C(C)(F)c5cnc(OC)cn5)cc4)OC(=O)[C@H](CC(C)C)N(C)C(=O)[C@@H](C)OC(=O)[C@H](CC(C)C)N(C)C3=O)cc2)cn1. The van der Waals surface area contributed by atoms with E-state index >= 15 is 18.4 Å². The number of aromatic nitrogens is 4. The van der Waals surface area contributed by atoms with Gasteiger partial charge >= 0.3 is 23.9 Å². The minimum absolute atomic E-state index is 0.00227. The minimum atomic E-state index is -2.14. The fraction of sp³-hybridized carbons (Fsp3) is 0.576. The van der Waals surface area contributed by atoms with E-state index in [1.807, 2.05) is 0 Å². The molecule has 1 saturated heterocycles. The van der Waals surface area contributed by atoms with Crippen LogP contribution in [0.4, 0.5) is 8.78 Å². The molecule has 0 spiro atoms. The number of hydrogen-bond donors (Lipinski definition) is 0. The third-order valence-electron chi connectivity index (χ3n) is 15.9. The molecule has 1 aliphatic heterocycles. The van der Waals surface area contributed by atoms with E-state index in [1.54, 1.807) is 79.7 Å². The fourth-order valence-electron chi connectivity index (χ4n) is 10.4. The highest BCUT2D eigenvalue weighted by Gasteiger charge is 2.44. The summed E-state index contributed by atoms with van der Waals surface area (Å²) in [5, 5.41) is 0. The van der Waals surface area contributed by atoms with Crippen molar-refractivity contribution in [2.45, 2.75) is 182 Å². The summed E-state index contributed by atoms with van der Waals surface area (Å²) >= 11 is 0. The Labute approximate surface area is 527 Å². The van der Waals surface area contributed by atoms with Gasteiger partial charge in [0.25, 0.3) is 23.6 Å². The van der Waals surface area contributed by atoms with E-state index in [0.29, 0.717) is 11.1 Å². The van der Waals surface area contributed by atoms with E-state index in [1.165, 1.54) is 119 Å².